The summed E-state index contributed by atoms with van der Waals surface area (Å²) in [6, 6.07) is 0.667. The predicted octanol–water partition coefficient (Wildman–Crippen LogP) is 2.06. The summed E-state index contributed by atoms with van der Waals surface area (Å²) in [6.45, 7) is 12.8. The molecule has 0 unspecified atom stereocenters. The Kier molecular flexibility index (Phi) is 6.13. The van der Waals surface area contributed by atoms with E-state index in [-0.39, 0.29) is 12.1 Å². The molecule has 0 spiro atoms. The number of rotatable bonds is 3. The van der Waals surface area contributed by atoms with Crippen LogP contribution in [0.5, 0.6) is 0 Å². The topological polar surface area (TPSA) is 76.9 Å². The maximum atomic E-state index is 10.0. The molecule has 2 rings (SSSR count). The van der Waals surface area contributed by atoms with Crippen LogP contribution >= 0.6 is 0 Å². The van der Waals surface area contributed by atoms with Crippen LogP contribution in [0.1, 0.15) is 65.4 Å². The first-order valence-corrected chi connectivity index (χ1v) is 8.92. The van der Waals surface area contributed by atoms with Gasteiger partial charge in [-0.15, -0.1) is 0 Å². The van der Waals surface area contributed by atoms with E-state index < -0.39 is 5.60 Å². The fourth-order valence-corrected chi connectivity index (χ4v) is 2.96. The van der Waals surface area contributed by atoms with Gasteiger partial charge in [0.1, 0.15) is 5.60 Å². The van der Waals surface area contributed by atoms with Gasteiger partial charge in [0.05, 0.1) is 6.04 Å². The third-order valence-corrected chi connectivity index (χ3v) is 4.58. The highest BCUT2D eigenvalue weighted by atomic mass is 16.3. The first kappa shape index (κ1) is 19.8. The van der Waals surface area contributed by atoms with E-state index in [0.717, 1.165) is 24.2 Å². The van der Waals surface area contributed by atoms with E-state index in [2.05, 4.69) is 53.2 Å². The van der Waals surface area contributed by atoms with E-state index in [9.17, 15) is 5.11 Å². The zero-order chi connectivity index (χ0) is 18.8. The van der Waals surface area contributed by atoms with E-state index in [0.29, 0.717) is 11.9 Å². The molecular formula is C18H32N6O. The molecule has 0 aliphatic carbocycles. The molecule has 0 bridgehead atoms. The quantitative estimate of drug-likeness (QED) is 0.871. The Labute approximate surface area is 151 Å². The van der Waals surface area contributed by atoms with Gasteiger partial charge in [0.25, 0.3) is 0 Å². The lowest BCUT2D eigenvalue weighted by molar-refractivity contribution is 0.0674. The molecule has 7 heteroatoms. The van der Waals surface area contributed by atoms with E-state index in [1.165, 1.54) is 0 Å². The molecule has 1 aromatic rings. The Hall–Kier alpha value is -1.57. The summed E-state index contributed by atoms with van der Waals surface area (Å²) in [4.78, 5) is 8.69. The highest BCUT2D eigenvalue weighted by molar-refractivity contribution is 5.82. The van der Waals surface area contributed by atoms with Crippen LogP contribution in [-0.4, -0.2) is 56.5 Å². The molecule has 1 aromatic heterocycles. The van der Waals surface area contributed by atoms with Crippen molar-refractivity contribution >= 4 is 5.71 Å². The van der Waals surface area contributed by atoms with Gasteiger partial charge in [-0.05, 0) is 41.5 Å². The van der Waals surface area contributed by atoms with Crippen molar-refractivity contribution in [2.45, 2.75) is 71.7 Å². The van der Waals surface area contributed by atoms with Crippen LogP contribution in [-0.2, 0) is 5.60 Å². The Morgan fingerprint density at radius 1 is 1.28 bits per heavy atom. The number of nitrogens with one attached hydrogen (secondary N) is 1. The molecular weight excluding hydrogens is 316 g/mol. The normalized spacial score (nSPS) is 27.0. The number of hydrogen-bond acceptors (Lipinski definition) is 7. The van der Waals surface area contributed by atoms with Crippen LogP contribution in [0.3, 0.4) is 0 Å². The van der Waals surface area contributed by atoms with Gasteiger partial charge in [0.2, 0.25) is 0 Å². The van der Waals surface area contributed by atoms with Crippen molar-refractivity contribution in [2.75, 3.05) is 13.6 Å². The summed E-state index contributed by atoms with van der Waals surface area (Å²) in [5, 5.41) is 19.0. The summed E-state index contributed by atoms with van der Waals surface area (Å²) in [5.74, 6) is 0.436. The average molecular weight is 348 g/mol. The van der Waals surface area contributed by atoms with E-state index >= 15 is 0 Å². The zero-order valence-electron chi connectivity index (χ0n) is 16.5. The van der Waals surface area contributed by atoms with Crippen LogP contribution in [0.4, 0.5) is 0 Å². The number of hydrazone groups is 1. The van der Waals surface area contributed by atoms with Crippen LogP contribution in [0.25, 0.3) is 0 Å². The first-order valence-electron chi connectivity index (χ1n) is 8.92. The molecule has 0 amide bonds. The molecule has 0 fully saturated rings. The SMILES string of the molecule is C/C1=N\N(C)[C@H](C)CN([C@H](C)c2cnc(C(C)(C)O)nc2)N[C@H](C)C1. The second-order valence-electron chi connectivity index (χ2n) is 7.72. The van der Waals surface area contributed by atoms with Gasteiger partial charge in [-0.1, -0.05) is 0 Å². The van der Waals surface area contributed by atoms with Crippen molar-refractivity contribution in [1.29, 1.82) is 0 Å². The van der Waals surface area contributed by atoms with E-state index in [1.807, 2.05) is 12.1 Å². The van der Waals surface area contributed by atoms with Crippen LogP contribution in [0.2, 0.25) is 0 Å². The second-order valence-corrected chi connectivity index (χ2v) is 7.72. The number of hydrazine groups is 1. The number of aliphatic hydroxyl groups is 1. The van der Waals surface area contributed by atoms with Gasteiger partial charge in [-0.3, -0.25) is 10.4 Å². The molecule has 0 saturated carbocycles. The molecule has 1 aliphatic rings. The number of nitrogens with zero attached hydrogens (tertiary/aromatic N) is 5. The Morgan fingerprint density at radius 3 is 2.44 bits per heavy atom. The number of likely N-dealkylation sites (N-methyl/N-ethyl adjacent to an activating group) is 1. The molecule has 25 heavy (non-hydrogen) atoms. The largest absolute Gasteiger partial charge is 0.382 e. The van der Waals surface area contributed by atoms with Crippen molar-refractivity contribution in [2.24, 2.45) is 5.10 Å². The standard InChI is InChI=1S/C18H32N6O/c1-12-8-13(2)22-24(11-14(3)23(7)21-12)15(4)16-9-19-17(20-10-16)18(5,6)25/h9-10,13-15,22,25H,8,11H2,1-7H3/b21-12+/t13-,14-,15-/m1/s1. The molecule has 140 valence electrons. The minimum atomic E-state index is -1.03. The molecule has 0 radical (unpaired) electrons. The summed E-state index contributed by atoms with van der Waals surface area (Å²) in [5.41, 5.74) is 4.72. The van der Waals surface area contributed by atoms with Gasteiger partial charge < -0.3 is 5.11 Å². The maximum absolute atomic E-state index is 10.0. The van der Waals surface area contributed by atoms with Gasteiger partial charge >= 0.3 is 0 Å². The smallest absolute Gasteiger partial charge is 0.159 e. The lowest BCUT2D eigenvalue weighted by atomic mass is 10.1. The third kappa shape index (κ3) is 5.20. The van der Waals surface area contributed by atoms with Crippen molar-refractivity contribution in [1.82, 2.24) is 25.4 Å². The van der Waals surface area contributed by atoms with Crippen molar-refractivity contribution < 1.29 is 5.11 Å². The molecule has 7 nitrogen and oxygen atoms in total. The Bertz CT molecular complexity index is 595. The summed E-state index contributed by atoms with van der Waals surface area (Å²) in [6.07, 6.45) is 4.51. The van der Waals surface area contributed by atoms with E-state index in [4.69, 9.17) is 0 Å². The molecule has 0 aromatic carbocycles. The minimum Gasteiger partial charge on any atom is -0.382 e. The Balaban J connectivity index is 2.20. The third-order valence-electron chi connectivity index (χ3n) is 4.58. The fraction of sp³-hybridized carbons (Fsp3) is 0.722. The lowest BCUT2D eigenvalue weighted by Crippen LogP contribution is -2.49. The highest BCUT2D eigenvalue weighted by Gasteiger charge is 2.25. The van der Waals surface area contributed by atoms with Crippen molar-refractivity contribution in [3.8, 4) is 0 Å². The van der Waals surface area contributed by atoms with Gasteiger partial charge in [-0.25, -0.2) is 15.0 Å². The lowest BCUT2D eigenvalue weighted by Gasteiger charge is -2.35. The summed E-state index contributed by atoms with van der Waals surface area (Å²) in [7, 11) is 2.02. The summed E-state index contributed by atoms with van der Waals surface area (Å²) < 4.78 is 0. The van der Waals surface area contributed by atoms with Crippen LogP contribution in [0.15, 0.2) is 17.5 Å². The van der Waals surface area contributed by atoms with Crippen molar-refractivity contribution in [3.63, 3.8) is 0 Å². The molecule has 2 heterocycles. The zero-order valence-corrected chi connectivity index (χ0v) is 16.5. The monoisotopic (exact) mass is 348 g/mol. The minimum absolute atomic E-state index is 0.104. The van der Waals surface area contributed by atoms with Gasteiger partial charge in [-0.2, -0.15) is 5.10 Å². The maximum Gasteiger partial charge on any atom is 0.159 e. The predicted molar refractivity (Wildman–Crippen MR) is 99.9 cm³/mol. The highest BCUT2D eigenvalue weighted by Crippen LogP contribution is 2.21. The molecule has 1 aliphatic heterocycles. The molecule has 2 N–H and O–H groups in total. The van der Waals surface area contributed by atoms with Crippen molar-refractivity contribution in [3.05, 3.63) is 23.8 Å². The number of hydrogen-bond donors (Lipinski definition) is 2. The second kappa shape index (κ2) is 7.76. The first-order chi connectivity index (χ1) is 11.6. The number of aromatic nitrogens is 2. The van der Waals surface area contributed by atoms with Gasteiger partial charge in [0, 0.05) is 55.8 Å². The van der Waals surface area contributed by atoms with Gasteiger partial charge in [0.15, 0.2) is 5.82 Å². The van der Waals surface area contributed by atoms with E-state index in [1.54, 1.807) is 26.2 Å². The van der Waals surface area contributed by atoms with Crippen LogP contribution < -0.4 is 5.43 Å². The molecule has 0 saturated heterocycles. The fourth-order valence-electron chi connectivity index (χ4n) is 2.96. The molecule has 3 atom stereocenters. The average Bonchev–Trinajstić information content (AvgIpc) is 2.56. The Morgan fingerprint density at radius 2 is 1.88 bits per heavy atom. The summed E-state index contributed by atoms with van der Waals surface area (Å²) >= 11 is 0. The van der Waals surface area contributed by atoms with Crippen LogP contribution in [0, 0.1) is 0 Å².